The fourth-order valence-corrected chi connectivity index (χ4v) is 2.82. The van der Waals surface area contributed by atoms with Crippen molar-refractivity contribution in [3.8, 4) is 0 Å². The Balaban J connectivity index is 2.95. The van der Waals surface area contributed by atoms with Crippen LogP contribution in [0.1, 0.15) is 40.0 Å². The third-order valence-corrected chi connectivity index (χ3v) is 3.84. The first-order valence-electron chi connectivity index (χ1n) is 8.27. The molecule has 1 heterocycles. The molecule has 1 aliphatic rings. The van der Waals surface area contributed by atoms with Crippen LogP contribution < -0.4 is 5.32 Å². The van der Waals surface area contributed by atoms with Crippen LogP contribution in [0.5, 0.6) is 0 Å². The van der Waals surface area contributed by atoms with Crippen molar-refractivity contribution in [2.75, 3.05) is 7.11 Å². The number of hydrogen-bond donors (Lipinski definition) is 1. The van der Waals surface area contributed by atoms with Gasteiger partial charge in [0, 0.05) is 6.04 Å². The van der Waals surface area contributed by atoms with E-state index in [1.807, 2.05) is 0 Å². The predicted octanol–water partition coefficient (Wildman–Crippen LogP) is 2.17. The fourth-order valence-electron chi connectivity index (χ4n) is 2.82. The molecule has 1 fully saturated rings. The predicted molar refractivity (Wildman–Crippen MR) is 93.8 cm³/mol. The van der Waals surface area contributed by atoms with Crippen molar-refractivity contribution in [2.45, 2.75) is 63.8 Å². The Morgan fingerprint density at radius 3 is 2.40 bits per heavy atom. The second-order valence-corrected chi connectivity index (χ2v) is 6.90. The van der Waals surface area contributed by atoms with E-state index in [0.29, 0.717) is 19.3 Å². The number of rotatable bonds is 6. The summed E-state index contributed by atoms with van der Waals surface area (Å²) in [5.41, 5.74) is -0.688. The van der Waals surface area contributed by atoms with Crippen LogP contribution in [0, 0.1) is 0 Å². The van der Waals surface area contributed by atoms with Crippen molar-refractivity contribution in [2.24, 2.45) is 0 Å². The Bertz CT molecular complexity index is 538. The third kappa shape index (κ3) is 5.62. The molecule has 1 unspecified atom stereocenters. The van der Waals surface area contributed by atoms with E-state index >= 15 is 0 Å². The van der Waals surface area contributed by atoms with Crippen LogP contribution in [0.2, 0.25) is 0 Å². The smallest absolute Gasteiger partial charge is 0.408 e. The maximum absolute atomic E-state index is 12.9. The molecule has 0 bridgehead atoms. The molecule has 0 radical (unpaired) electrons. The summed E-state index contributed by atoms with van der Waals surface area (Å²) in [6.45, 7) is 12.5. The first kappa shape index (κ1) is 20.7. The first-order valence-corrected chi connectivity index (χ1v) is 8.27. The molecule has 3 atom stereocenters. The summed E-state index contributed by atoms with van der Waals surface area (Å²) in [4.78, 5) is 38.4. The number of ether oxygens (including phenoxy) is 2. The van der Waals surface area contributed by atoms with Gasteiger partial charge in [-0.15, -0.1) is 13.2 Å². The number of amides is 2. The lowest BCUT2D eigenvalue weighted by Crippen LogP contribution is -2.54. The molecule has 0 aliphatic carbocycles. The van der Waals surface area contributed by atoms with Crippen LogP contribution in [0.4, 0.5) is 4.79 Å². The number of likely N-dealkylation sites (tertiary alicyclic amines) is 1. The number of nitrogens with zero attached hydrogens (tertiary/aromatic N) is 1. The number of methoxy groups -OCH3 is 1. The van der Waals surface area contributed by atoms with E-state index in [1.165, 1.54) is 18.1 Å². The second-order valence-electron chi connectivity index (χ2n) is 6.90. The van der Waals surface area contributed by atoms with E-state index in [-0.39, 0.29) is 6.04 Å². The van der Waals surface area contributed by atoms with Crippen LogP contribution in [0.15, 0.2) is 25.3 Å². The molecule has 25 heavy (non-hydrogen) atoms. The summed E-state index contributed by atoms with van der Waals surface area (Å²) in [6.07, 6.45) is 4.02. The number of hydrogen-bond acceptors (Lipinski definition) is 5. The molecule has 7 heteroatoms. The van der Waals surface area contributed by atoms with Gasteiger partial charge >= 0.3 is 12.1 Å². The SMILES string of the molecule is C=CCC1CC[C@@H](C(=O)OC)N1C(=O)[C@H](C=C)NC(=O)OC(C)(C)C. The number of carbonyl (C=O) groups excluding carboxylic acids is 3. The summed E-state index contributed by atoms with van der Waals surface area (Å²) in [6, 6.07) is -1.84. The lowest BCUT2D eigenvalue weighted by molar-refractivity contribution is -0.152. The van der Waals surface area contributed by atoms with Crippen LogP contribution in [-0.2, 0) is 19.1 Å². The van der Waals surface area contributed by atoms with Crippen molar-refractivity contribution in [1.82, 2.24) is 10.2 Å². The van der Waals surface area contributed by atoms with Crippen molar-refractivity contribution < 1.29 is 23.9 Å². The van der Waals surface area contributed by atoms with E-state index in [4.69, 9.17) is 9.47 Å². The van der Waals surface area contributed by atoms with Crippen molar-refractivity contribution in [3.05, 3.63) is 25.3 Å². The van der Waals surface area contributed by atoms with Gasteiger partial charge in [0.1, 0.15) is 17.7 Å². The number of carbonyl (C=O) groups is 3. The van der Waals surface area contributed by atoms with Gasteiger partial charge in [-0.1, -0.05) is 12.2 Å². The second kappa shape index (κ2) is 8.69. The van der Waals surface area contributed by atoms with E-state index in [1.54, 1.807) is 26.8 Å². The largest absolute Gasteiger partial charge is 0.467 e. The highest BCUT2D eigenvalue weighted by Gasteiger charge is 2.43. The van der Waals surface area contributed by atoms with E-state index in [2.05, 4.69) is 18.5 Å². The Labute approximate surface area is 149 Å². The molecule has 1 rings (SSSR count). The molecule has 0 aromatic heterocycles. The Hall–Kier alpha value is -2.31. The number of alkyl carbamates (subject to hydrolysis) is 1. The normalized spacial score (nSPS) is 21.2. The quantitative estimate of drug-likeness (QED) is 0.585. The molecule has 0 spiro atoms. The summed E-state index contributed by atoms with van der Waals surface area (Å²) in [7, 11) is 1.29. The maximum Gasteiger partial charge on any atom is 0.408 e. The summed E-state index contributed by atoms with van der Waals surface area (Å²) >= 11 is 0. The van der Waals surface area contributed by atoms with Gasteiger partial charge in [0.15, 0.2) is 0 Å². The van der Waals surface area contributed by atoms with Gasteiger partial charge < -0.3 is 19.7 Å². The Morgan fingerprint density at radius 2 is 1.92 bits per heavy atom. The molecular formula is C18H28N2O5. The highest BCUT2D eigenvalue weighted by molar-refractivity contribution is 5.91. The van der Waals surface area contributed by atoms with Crippen molar-refractivity contribution in [3.63, 3.8) is 0 Å². The Morgan fingerprint density at radius 1 is 1.28 bits per heavy atom. The molecule has 1 N–H and O–H groups in total. The average Bonchev–Trinajstić information content (AvgIpc) is 2.93. The molecule has 140 valence electrons. The minimum Gasteiger partial charge on any atom is -0.467 e. The van der Waals surface area contributed by atoms with Crippen LogP contribution in [0.3, 0.4) is 0 Å². The van der Waals surface area contributed by atoms with E-state index < -0.39 is 35.7 Å². The molecule has 2 amide bonds. The molecule has 1 saturated heterocycles. The highest BCUT2D eigenvalue weighted by atomic mass is 16.6. The maximum atomic E-state index is 12.9. The van der Waals surface area contributed by atoms with Crippen molar-refractivity contribution >= 4 is 18.0 Å². The van der Waals surface area contributed by atoms with Gasteiger partial charge in [0.25, 0.3) is 0 Å². The number of nitrogens with one attached hydrogen (secondary N) is 1. The van der Waals surface area contributed by atoms with Gasteiger partial charge in [-0.2, -0.15) is 0 Å². The Kier molecular flexibility index (Phi) is 7.21. The molecule has 0 aromatic carbocycles. The number of esters is 1. The standard InChI is InChI=1S/C18H28N2O5/c1-7-9-12-10-11-14(16(22)24-6)20(12)15(21)13(8-2)19-17(23)25-18(3,4)5/h7-8,12-14H,1-2,9-11H2,3-6H3,(H,19,23)/t12?,13-,14-/m0/s1. The van der Waals surface area contributed by atoms with Gasteiger partial charge in [-0.05, 0) is 40.0 Å². The highest BCUT2D eigenvalue weighted by Crippen LogP contribution is 2.28. The third-order valence-electron chi connectivity index (χ3n) is 3.84. The van der Waals surface area contributed by atoms with Gasteiger partial charge in [0.2, 0.25) is 5.91 Å². The van der Waals surface area contributed by atoms with Crippen molar-refractivity contribution in [1.29, 1.82) is 0 Å². The van der Waals surface area contributed by atoms with E-state index in [9.17, 15) is 14.4 Å². The minimum atomic E-state index is -0.993. The lowest BCUT2D eigenvalue weighted by atomic mass is 10.1. The van der Waals surface area contributed by atoms with Gasteiger partial charge in [0.05, 0.1) is 7.11 Å². The zero-order chi connectivity index (χ0) is 19.2. The summed E-state index contributed by atoms with van der Waals surface area (Å²) in [5, 5.41) is 2.49. The van der Waals surface area contributed by atoms with Crippen LogP contribution in [0.25, 0.3) is 0 Å². The monoisotopic (exact) mass is 352 g/mol. The molecule has 1 aliphatic heterocycles. The average molecular weight is 352 g/mol. The fraction of sp³-hybridized carbons (Fsp3) is 0.611. The summed E-state index contributed by atoms with van der Waals surface area (Å²) < 4.78 is 9.98. The first-order chi connectivity index (χ1) is 11.6. The van der Waals surface area contributed by atoms with Gasteiger partial charge in [-0.3, -0.25) is 4.79 Å². The van der Waals surface area contributed by atoms with Gasteiger partial charge in [-0.25, -0.2) is 9.59 Å². The minimum absolute atomic E-state index is 0.169. The molecule has 7 nitrogen and oxygen atoms in total. The van der Waals surface area contributed by atoms with E-state index in [0.717, 1.165) is 0 Å². The zero-order valence-electron chi connectivity index (χ0n) is 15.4. The van der Waals surface area contributed by atoms with Crippen LogP contribution in [-0.4, -0.2) is 53.7 Å². The molecule has 0 aromatic rings. The lowest BCUT2D eigenvalue weighted by Gasteiger charge is -2.31. The topological polar surface area (TPSA) is 84.9 Å². The van der Waals surface area contributed by atoms with Crippen LogP contribution >= 0.6 is 0 Å². The zero-order valence-corrected chi connectivity index (χ0v) is 15.4. The summed E-state index contributed by atoms with van der Waals surface area (Å²) in [5.74, 6) is -0.888. The molecule has 0 saturated carbocycles. The molecular weight excluding hydrogens is 324 g/mol.